The second-order valence-electron chi connectivity index (χ2n) is 4.03. The van der Waals surface area contributed by atoms with Gasteiger partial charge in [-0.15, -0.1) is 0 Å². The smallest absolute Gasteiger partial charge is 0.123 e. The topological polar surface area (TPSA) is 4.93 Å². The van der Waals surface area contributed by atoms with E-state index in [2.05, 4.69) is 17.7 Å². The van der Waals surface area contributed by atoms with Crippen LogP contribution < -0.4 is 0 Å². The van der Waals surface area contributed by atoms with Gasteiger partial charge in [-0.25, -0.2) is 4.39 Å². The van der Waals surface area contributed by atoms with E-state index in [-0.39, 0.29) is 5.82 Å². The molecule has 0 saturated heterocycles. The first-order chi connectivity index (χ1) is 7.22. The lowest BCUT2D eigenvalue weighted by Gasteiger charge is -1.97. The van der Waals surface area contributed by atoms with Crippen molar-refractivity contribution in [1.29, 1.82) is 0 Å². The lowest BCUT2D eigenvalue weighted by Crippen LogP contribution is -1.83. The van der Waals surface area contributed by atoms with Gasteiger partial charge in [0.05, 0.1) is 0 Å². The van der Waals surface area contributed by atoms with Gasteiger partial charge in [-0.05, 0) is 36.6 Å². The summed E-state index contributed by atoms with van der Waals surface area (Å²) in [7, 11) is 2.01. The molecule has 1 nitrogen and oxygen atoms in total. The molecule has 0 unspecified atom stereocenters. The number of benzene rings is 1. The molecule has 15 heavy (non-hydrogen) atoms. The number of halogens is 1. The number of unbranched alkanes of at least 4 members (excludes halogenated alkanes) is 1. The Morgan fingerprint density at radius 2 is 2.13 bits per heavy atom. The fraction of sp³-hybridized carbons (Fsp3) is 0.385. The van der Waals surface area contributed by atoms with Crippen LogP contribution in [0.25, 0.3) is 10.9 Å². The van der Waals surface area contributed by atoms with Crippen molar-refractivity contribution in [2.24, 2.45) is 7.05 Å². The fourth-order valence-corrected chi connectivity index (χ4v) is 2.01. The van der Waals surface area contributed by atoms with E-state index in [1.54, 1.807) is 6.07 Å². The summed E-state index contributed by atoms with van der Waals surface area (Å²) in [6.07, 6.45) is 5.48. The molecule has 2 rings (SSSR count). The monoisotopic (exact) mass is 205 g/mol. The molecule has 0 aliphatic rings. The molecule has 0 N–H and O–H groups in total. The van der Waals surface area contributed by atoms with E-state index >= 15 is 0 Å². The molecule has 0 amide bonds. The third-order valence-corrected chi connectivity index (χ3v) is 2.83. The Bertz CT molecular complexity index is 471. The molecule has 2 heteroatoms. The lowest BCUT2D eigenvalue weighted by molar-refractivity contribution is 0.629. The number of rotatable bonds is 3. The number of aryl methyl sites for hydroxylation is 2. The van der Waals surface area contributed by atoms with Gasteiger partial charge < -0.3 is 4.57 Å². The van der Waals surface area contributed by atoms with Gasteiger partial charge in [0.1, 0.15) is 5.82 Å². The van der Waals surface area contributed by atoms with Crippen LogP contribution in [0.4, 0.5) is 4.39 Å². The largest absolute Gasteiger partial charge is 0.350 e. The van der Waals surface area contributed by atoms with Crippen LogP contribution in [0.5, 0.6) is 0 Å². The van der Waals surface area contributed by atoms with Crippen LogP contribution in [0.3, 0.4) is 0 Å². The molecule has 1 heterocycles. The Kier molecular flexibility index (Phi) is 2.76. The zero-order valence-corrected chi connectivity index (χ0v) is 9.26. The summed E-state index contributed by atoms with van der Waals surface area (Å²) < 4.78 is 15.2. The van der Waals surface area contributed by atoms with E-state index < -0.39 is 0 Å². The number of fused-ring (bicyclic) bond motifs is 1. The van der Waals surface area contributed by atoms with Gasteiger partial charge in [-0.1, -0.05) is 13.3 Å². The molecule has 2 aromatic rings. The summed E-state index contributed by atoms with van der Waals surface area (Å²) in [5.41, 5.74) is 2.37. The minimum Gasteiger partial charge on any atom is -0.350 e. The third kappa shape index (κ3) is 1.89. The van der Waals surface area contributed by atoms with Crippen LogP contribution in [-0.4, -0.2) is 4.57 Å². The first kappa shape index (κ1) is 10.2. The van der Waals surface area contributed by atoms with Crippen LogP contribution in [0.1, 0.15) is 25.3 Å². The van der Waals surface area contributed by atoms with Crippen molar-refractivity contribution >= 4 is 10.9 Å². The SMILES string of the molecule is CCCCc1cn(C)c2ccc(F)cc12. The van der Waals surface area contributed by atoms with Crippen molar-refractivity contribution in [3.63, 3.8) is 0 Å². The lowest BCUT2D eigenvalue weighted by atomic mass is 10.1. The van der Waals surface area contributed by atoms with Crippen LogP contribution in [-0.2, 0) is 13.5 Å². The van der Waals surface area contributed by atoms with Crippen LogP contribution in [0.2, 0.25) is 0 Å². The molecule has 0 aliphatic heterocycles. The van der Waals surface area contributed by atoms with Crippen molar-refractivity contribution in [1.82, 2.24) is 4.57 Å². The van der Waals surface area contributed by atoms with Gasteiger partial charge in [0.25, 0.3) is 0 Å². The predicted octanol–water partition coefficient (Wildman–Crippen LogP) is 3.66. The zero-order valence-electron chi connectivity index (χ0n) is 9.26. The van der Waals surface area contributed by atoms with Gasteiger partial charge >= 0.3 is 0 Å². The summed E-state index contributed by atoms with van der Waals surface area (Å²) >= 11 is 0. The Balaban J connectivity index is 2.49. The quantitative estimate of drug-likeness (QED) is 0.720. The molecule has 0 fully saturated rings. The second kappa shape index (κ2) is 4.05. The van der Waals surface area contributed by atoms with E-state index in [1.807, 2.05) is 13.1 Å². The fourth-order valence-electron chi connectivity index (χ4n) is 2.01. The molecular formula is C13H16FN. The summed E-state index contributed by atoms with van der Waals surface area (Å²) in [5.74, 6) is -0.147. The van der Waals surface area contributed by atoms with Crippen LogP contribution in [0, 0.1) is 5.82 Å². The average Bonchev–Trinajstić information content (AvgIpc) is 2.52. The summed E-state index contributed by atoms with van der Waals surface area (Å²) in [5, 5.41) is 1.06. The van der Waals surface area contributed by atoms with E-state index in [4.69, 9.17) is 0 Å². The highest BCUT2D eigenvalue weighted by Gasteiger charge is 2.06. The molecule has 0 aliphatic carbocycles. The van der Waals surface area contributed by atoms with Crippen LogP contribution >= 0.6 is 0 Å². The molecular weight excluding hydrogens is 189 g/mol. The van der Waals surface area contributed by atoms with E-state index in [9.17, 15) is 4.39 Å². The summed E-state index contributed by atoms with van der Waals surface area (Å²) in [6, 6.07) is 5.01. The predicted molar refractivity (Wildman–Crippen MR) is 61.5 cm³/mol. The number of hydrogen-bond donors (Lipinski definition) is 0. The maximum absolute atomic E-state index is 13.1. The molecule has 80 valence electrons. The maximum Gasteiger partial charge on any atom is 0.123 e. The maximum atomic E-state index is 13.1. The van der Waals surface area contributed by atoms with Gasteiger partial charge in [-0.2, -0.15) is 0 Å². The highest BCUT2D eigenvalue weighted by Crippen LogP contribution is 2.23. The van der Waals surface area contributed by atoms with E-state index in [1.165, 1.54) is 18.1 Å². The molecule has 0 radical (unpaired) electrons. The van der Waals surface area contributed by atoms with Gasteiger partial charge in [0.2, 0.25) is 0 Å². The number of aromatic nitrogens is 1. The van der Waals surface area contributed by atoms with Crippen molar-refractivity contribution < 1.29 is 4.39 Å². The van der Waals surface area contributed by atoms with Crippen LogP contribution in [0.15, 0.2) is 24.4 Å². The normalized spacial score (nSPS) is 11.1. The molecule has 0 saturated carbocycles. The minimum atomic E-state index is -0.147. The average molecular weight is 205 g/mol. The van der Waals surface area contributed by atoms with Crippen molar-refractivity contribution in [2.75, 3.05) is 0 Å². The van der Waals surface area contributed by atoms with Crippen molar-refractivity contribution in [3.8, 4) is 0 Å². The Hall–Kier alpha value is -1.31. The molecule has 0 bridgehead atoms. The minimum absolute atomic E-state index is 0.147. The summed E-state index contributed by atoms with van der Waals surface area (Å²) in [4.78, 5) is 0. The van der Waals surface area contributed by atoms with E-state index in [0.717, 1.165) is 23.7 Å². The number of nitrogens with zero attached hydrogens (tertiary/aromatic N) is 1. The van der Waals surface area contributed by atoms with Gasteiger partial charge in [0, 0.05) is 24.1 Å². The molecule has 1 aromatic heterocycles. The second-order valence-corrected chi connectivity index (χ2v) is 4.03. The highest BCUT2D eigenvalue weighted by atomic mass is 19.1. The first-order valence-electron chi connectivity index (χ1n) is 5.46. The standard InChI is InChI=1S/C13H16FN/c1-3-4-5-10-9-15(2)13-7-6-11(14)8-12(10)13/h6-9H,3-5H2,1-2H3. The first-order valence-corrected chi connectivity index (χ1v) is 5.46. The van der Waals surface area contributed by atoms with E-state index in [0.29, 0.717) is 0 Å². The van der Waals surface area contributed by atoms with Gasteiger partial charge in [0.15, 0.2) is 0 Å². The van der Waals surface area contributed by atoms with Crippen molar-refractivity contribution in [3.05, 3.63) is 35.8 Å². The Labute approximate surface area is 89.5 Å². The van der Waals surface area contributed by atoms with Crippen molar-refractivity contribution in [2.45, 2.75) is 26.2 Å². The van der Waals surface area contributed by atoms with Gasteiger partial charge in [-0.3, -0.25) is 0 Å². The number of hydrogen-bond acceptors (Lipinski definition) is 0. The Morgan fingerprint density at radius 3 is 2.87 bits per heavy atom. The highest BCUT2D eigenvalue weighted by molar-refractivity contribution is 5.84. The molecule has 0 atom stereocenters. The summed E-state index contributed by atoms with van der Waals surface area (Å²) in [6.45, 7) is 2.17. The molecule has 1 aromatic carbocycles. The third-order valence-electron chi connectivity index (χ3n) is 2.83. The Morgan fingerprint density at radius 1 is 1.33 bits per heavy atom. The zero-order chi connectivity index (χ0) is 10.8. The molecule has 0 spiro atoms.